The number of para-hydroxylation sites is 1. The van der Waals surface area contributed by atoms with Crippen molar-refractivity contribution in [3.8, 4) is 0 Å². The Morgan fingerprint density at radius 1 is 1.43 bits per heavy atom. The van der Waals surface area contributed by atoms with Crippen molar-refractivity contribution in [2.75, 3.05) is 19.8 Å². The number of nitrogens with zero attached hydrogens (tertiary/aromatic N) is 3. The molecule has 6 nitrogen and oxygen atoms in total. The molecular formula is C15H20N4O2. The van der Waals surface area contributed by atoms with Gasteiger partial charge >= 0.3 is 0 Å². The summed E-state index contributed by atoms with van der Waals surface area (Å²) < 4.78 is 7.10. The van der Waals surface area contributed by atoms with E-state index in [1.54, 1.807) is 4.68 Å². The van der Waals surface area contributed by atoms with Crippen LogP contribution in [0.5, 0.6) is 0 Å². The standard InChI is InChI=1S/C15H20N4O2/c20-15(16-8-5-12-7-10-21-11-12)6-9-19-14-4-2-1-3-13(14)17-18-19/h1-4,12H,5-11H2,(H,16,20)/t12-/m1/s1. The molecule has 21 heavy (non-hydrogen) atoms. The van der Waals surface area contributed by atoms with Crippen molar-refractivity contribution in [1.82, 2.24) is 20.3 Å². The Balaban J connectivity index is 1.43. The second-order valence-electron chi connectivity index (χ2n) is 5.42. The van der Waals surface area contributed by atoms with Crippen molar-refractivity contribution in [3.05, 3.63) is 24.3 Å². The summed E-state index contributed by atoms with van der Waals surface area (Å²) in [5.41, 5.74) is 1.83. The molecule has 1 aromatic carbocycles. The molecule has 1 atom stereocenters. The fraction of sp³-hybridized carbons (Fsp3) is 0.533. The Morgan fingerprint density at radius 2 is 2.33 bits per heavy atom. The molecule has 0 unspecified atom stereocenters. The molecule has 0 saturated carbocycles. The number of hydrogen-bond acceptors (Lipinski definition) is 4. The lowest BCUT2D eigenvalue weighted by Gasteiger charge is -2.09. The van der Waals surface area contributed by atoms with E-state index in [1.165, 1.54) is 0 Å². The van der Waals surface area contributed by atoms with E-state index < -0.39 is 0 Å². The van der Waals surface area contributed by atoms with Crippen LogP contribution < -0.4 is 5.32 Å². The van der Waals surface area contributed by atoms with Gasteiger partial charge in [0.25, 0.3) is 0 Å². The topological polar surface area (TPSA) is 69.0 Å². The average molecular weight is 288 g/mol. The largest absolute Gasteiger partial charge is 0.381 e. The van der Waals surface area contributed by atoms with E-state index in [4.69, 9.17) is 4.74 Å². The normalized spacial score (nSPS) is 18.2. The van der Waals surface area contributed by atoms with Crippen molar-refractivity contribution in [1.29, 1.82) is 0 Å². The molecule has 0 bridgehead atoms. The van der Waals surface area contributed by atoms with Crippen molar-refractivity contribution in [3.63, 3.8) is 0 Å². The number of nitrogens with one attached hydrogen (secondary N) is 1. The number of aryl methyl sites for hydroxylation is 1. The third kappa shape index (κ3) is 3.58. The van der Waals surface area contributed by atoms with Crippen molar-refractivity contribution >= 4 is 16.9 Å². The van der Waals surface area contributed by atoms with Gasteiger partial charge in [-0.15, -0.1) is 5.10 Å². The molecular weight excluding hydrogens is 268 g/mol. The number of aromatic nitrogens is 3. The Hall–Kier alpha value is -1.95. The number of hydrogen-bond donors (Lipinski definition) is 1. The van der Waals surface area contributed by atoms with E-state index in [0.29, 0.717) is 18.9 Å². The minimum absolute atomic E-state index is 0.0634. The van der Waals surface area contributed by atoms with Gasteiger partial charge in [-0.3, -0.25) is 4.79 Å². The van der Waals surface area contributed by atoms with Gasteiger partial charge < -0.3 is 10.1 Å². The maximum atomic E-state index is 11.8. The summed E-state index contributed by atoms with van der Waals surface area (Å²) in [7, 11) is 0. The first-order valence-electron chi connectivity index (χ1n) is 7.45. The van der Waals surface area contributed by atoms with Crippen molar-refractivity contribution in [2.24, 2.45) is 5.92 Å². The quantitative estimate of drug-likeness (QED) is 0.871. The Morgan fingerprint density at radius 3 is 3.19 bits per heavy atom. The van der Waals surface area contributed by atoms with Crippen LogP contribution in [-0.2, 0) is 16.1 Å². The van der Waals surface area contributed by atoms with Gasteiger partial charge in [-0.1, -0.05) is 17.3 Å². The first-order chi connectivity index (χ1) is 10.3. The number of ether oxygens (including phenoxy) is 1. The van der Waals surface area contributed by atoms with E-state index in [2.05, 4.69) is 15.6 Å². The molecule has 6 heteroatoms. The van der Waals surface area contributed by atoms with E-state index in [0.717, 1.165) is 43.6 Å². The van der Waals surface area contributed by atoms with Crippen LogP contribution in [0.3, 0.4) is 0 Å². The minimum atomic E-state index is 0.0634. The van der Waals surface area contributed by atoms with Gasteiger partial charge in [0.2, 0.25) is 5.91 Å². The van der Waals surface area contributed by atoms with E-state index >= 15 is 0 Å². The van der Waals surface area contributed by atoms with Crippen molar-refractivity contribution < 1.29 is 9.53 Å². The summed E-state index contributed by atoms with van der Waals surface area (Å²) in [5.74, 6) is 0.665. The highest BCUT2D eigenvalue weighted by Gasteiger charge is 2.15. The van der Waals surface area contributed by atoms with Gasteiger partial charge in [-0.2, -0.15) is 0 Å². The van der Waals surface area contributed by atoms with Gasteiger partial charge in [0.1, 0.15) is 5.52 Å². The second kappa shape index (κ2) is 6.67. The molecule has 2 heterocycles. The lowest BCUT2D eigenvalue weighted by atomic mass is 10.1. The monoisotopic (exact) mass is 288 g/mol. The molecule has 1 aliphatic heterocycles. The Labute approximate surface area is 123 Å². The van der Waals surface area contributed by atoms with Gasteiger partial charge in [-0.05, 0) is 30.9 Å². The maximum Gasteiger partial charge on any atom is 0.221 e. The third-order valence-electron chi connectivity index (χ3n) is 3.87. The van der Waals surface area contributed by atoms with Gasteiger partial charge in [0.05, 0.1) is 12.1 Å². The molecule has 0 radical (unpaired) electrons. The molecule has 2 aromatic rings. The Kier molecular flexibility index (Phi) is 4.45. The summed E-state index contributed by atoms with van der Waals surface area (Å²) in [6.07, 6.45) is 2.54. The maximum absolute atomic E-state index is 11.8. The molecule has 1 aliphatic rings. The highest BCUT2D eigenvalue weighted by molar-refractivity contribution is 5.76. The predicted octanol–water partition coefficient (Wildman–Crippen LogP) is 1.36. The van der Waals surface area contributed by atoms with E-state index in [-0.39, 0.29) is 5.91 Å². The molecule has 1 saturated heterocycles. The van der Waals surface area contributed by atoms with Crippen LogP contribution in [0.15, 0.2) is 24.3 Å². The molecule has 1 amide bonds. The molecule has 1 fully saturated rings. The molecule has 1 aromatic heterocycles. The molecule has 1 N–H and O–H groups in total. The number of benzene rings is 1. The fourth-order valence-electron chi connectivity index (χ4n) is 2.61. The van der Waals surface area contributed by atoms with Crippen LogP contribution in [0, 0.1) is 5.92 Å². The first kappa shape index (κ1) is 14.0. The zero-order valence-electron chi connectivity index (χ0n) is 12.0. The van der Waals surface area contributed by atoms with E-state index in [9.17, 15) is 4.79 Å². The number of amides is 1. The lowest BCUT2D eigenvalue weighted by molar-refractivity contribution is -0.121. The fourth-order valence-corrected chi connectivity index (χ4v) is 2.61. The highest BCUT2D eigenvalue weighted by Crippen LogP contribution is 2.15. The lowest BCUT2D eigenvalue weighted by Crippen LogP contribution is -2.27. The number of rotatable bonds is 6. The zero-order chi connectivity index (χ0) is 14.5. The molecule has 3 rings (SSSR count). The highest BCUT2D eigenvalue weighted by atomic mass is 16.5. The molecule has 112 valence electrons. The van der Waals surface area contributed by atoms with Crippen LogP contribution in [0.1, 0.15) is 19.3 Å². The zero-order valence-corrected chi connectivity index (χ0v) is 12.0. The van der Waals surface area contributed by atoms with Crippen LogP contribution >= 0.6 is 0 Å². The SMILES string of the molecule is O=C(CCn1nnc2ccccc21)NCC[C@@H]1CCOC1. The van der Waals surface area contributed by atoms with Crippen LogP contribution in [0.4, 0.5) is 0 Å². The third-order valence-corrected chi connectivity index (χ3v) is 3.87. The number of carbonyl (C=O) groups is 1. The number of fused-ring (bicyclic) bond motifs is 1. The number of carbonyl (C=O) groups excluding carboxylic acids is 1. The molecule has 0 aliphatic carbocycles. The summed E-state index contributed by atoms with van der Waals surface area (Å²) in [6, 6.07) is 7.77. The summed E-state index contributed by atoms with van der Waals surface area (Å²) >= 11 is 0. The second-order valence-corrected chi connectivity index (χ2v) is 5.42. The minimum Gasteiger partial charge on any atom is -0.381 e. The van der Waals surface area contributed by atoms with E-state index in [1.807, 2.05) is 24.3 Å². The summed E-state index contributed by atoms with van der Waals surface area (Å²) in [6.45, 7) is 2.97. The molecule has 0 spiro atoms. The summed E-state index contributed by atoms with van der Waals surface area (Å²) in [5, 5.41) is 11.1. The van der Waals surface area contributed by atoms with Crippen LogP contribution in [0.2, 0.25) is 0 Å². The van der Waals surface area contributed by atoms with Crippen LogP contribution in [-0.4, -0.2) is 40.7 Å². The van der Waals surface area contributed by atoms with Gasteiger partial charge in [-0.25, -0.2) is 4.68 Å². The first-order valence-corrected chi connectivity index (χ1v) is 7.45. The average Bonchev–Trinajstić information content (AvgIpc) is 3.14. The van der Waals surface area contributed by atoms with Gasteiger partial charge in [0.15, 0.2) is 0 Å². The Bertz CT molecular complexity index is 604. The summed E-state index contributed by atoms with van der Waals surface area (Å²) in [4.78, 5) is 11.8. The van der Waals surface area contributed by atoms with Crippen molar-refractivity contribution in [2.45, 2.75) is 25.8 Å². The smallest absolute Gasteiger partial charge is 0.221 e. The van der Waals surface area contributed by atoms with Gasteiger partial charge in [0, 0.05) is 26.2 Å². The van der Waals surface area contributed by atoms with Crippen LogP contribution in [0.25, 0.3) is 11.0 Å². The predicted molar refractivity (Wildman–Crippen MR) is 78.7 cm³/mol.